The van der Waals surface area contributed by atoms with E-state index in [1.165, 1.54) is 0 Å². The van der Waals surface area contributed by atoms with E-state index >= 15 is 0 Å². The van der Waals surface area contributed by atoms with Crippen LogP contribution in [0.4, 0.5) is 0 Å². The molecule has 1 rings (SSSR count). The van der Waals surface area contributed by atoms with E-state index in [1.807, 2.05) is 0 Å². The Bertz CT molecular complexity index is 270. The molecule has 15 heavy (non-hydrogen) atoms. The minimum absolute atomic E-state index is 0.462. The lowest BCUT2D eigenvalue weighted by Gasteiger charge is -2.13. The van der Waals surface area contributed by atoms with Crippen molar-refractivity contribution >= 4 is 0 Å². The zero-order valence-corrected chi connectivity index (χ0v) is 9.18. The Morgan fingerprint density at radius 2 is 1.27 bits per heavy atom. The van der Waals surface area contributed by atoms with Crippen LogP contribution in [0.25, 0.3) is 0 Å². The van der Waals surface area contributed by atoms with Crippen molar-refractivity contribution in [2.45, 2.75) is 39.1 Å². The summed E-state index contributed by atoms with van der Waals surface area (Å²) in [4.78, 5) is 4.10. The number of aliphatic hydroxyl groups excluding tert-OH is 3. The lowest BCUT2D eigenvalue weighted by atomic mass is 10.1. The van der Waals surface area contributed by atoms with Gasteiger partial charge in [0, 0.05) is 0 Å². The third kappa shape index (κ3) is 2.99. The number of aliphatic hydroxyl groups is 3. The summed E-state index contributed by atoms with van der Waals surface area (Å²) < 4.78 is 0. The zero-order chi connectivity index (χ0) is 11.6. The van der Waals surface area contributed by atoms with Crippen molar-refractivity contribution in [2.24, 2.45) is 0 Å². The van der Waals surface area contributed by atoms with E-state index in [2.05, 4.69) is 4.98 Å². The van der Waals surface area contributed by atoms with Gasteiger partial charge in [0.15, 0.2) is 0 Å². The molecule has 1 aromatic heterocycles. The highest BCUT2D eigenvalue weighted by atomic mass is 16.3. The van der Waals surface area contributed by atoms with Gasteiger partial charge in [-0.1, -0.05) is 0 Å². The van der Waals surface area contributed by atoms with Crippen LogP contribution in [0, 0.1) is 0 Å². The van der Waals surface area contributed by atoms with Gasteiger partial charge >= 0.3 is 0 Å². The van der Waals surface area contributed by atoms with Crippen LogP contribution in [0.5, 0.6) is 0 Å². The van der Waals surface area contributed by atoms with Crippen LogP contribution in [0.1, 0.15) is 56.0 Å². The molecule has 4 heteroatoms. The van der Waals surface area contributed by atoms with Crippen molar-refractivity contribution in [3.8, 4) is 0 Å². The standard InChI is InChI=1S/C11H17NO3/c1-6(13)9-4-10(7(2)14)12-11(5-9)8(3)15/h4-8,13-15H,1-3H3. The fourth-order valence-corrected chi connectivity index (χ4v) is 1.27. The van der Waals surface area contributed by atoms with Crippen LogP contribution in [0.15, 0.2) is 12.1 Å². The first kappa shape index (κ1) is 12.1. The molecule has 84 valence electrons. The van der Waals surface area contributed by atoms with Gasteiger partial charge in [-0.15, -0.1) is 0 Å². The lowest BCUT2D eigenvalue weighted by molar-refractivity contribution is 0.178. The molecule has 0 aliphatic carbocycles. The van der Waals surface area contributed by atoms with Gasteiger partial charge in [-0.3, -0.25) is 4.98 Å². The fraction of sp³-hybridized carbons (Fsp3) is 0.545. The Morgan fingerprint density at radius 3 is 1.53 bits per heavy atom. The molecule has 4 nitrogen and oxygen atoms in total. The summed E-state index contributed by atoms with van der Waals surface area (Å²) >= 11 is 0. The Labute approximate surface area is 89.2 Å². The van der Waals surface area contributed by atoms with Crippen LogP contribution >= 0.6 is 0 Å². The molecule has 3 N–H and O–H groups in total. The maximum atomic E-state index is 9.45. The van der Waals surface area contributed by atoms with E-state index in [-0.39, 0.29) is 0 Å². The molecule has 0 fully saturated rings. The van der Waals surface area contributed by atoms with Gasteiger partial charge < -0.3 is 15.3 Å². The number of hydrogen-bond donors (Lipinski definition) is 3. The summed E-state index contributed by atoms with van der Waals surface area (Å²) in [5, 5.41) is 28.3. The molecule has 1 heterocycles. The van der Waals surface area contributed by atoms with Crippen molar-refractivity contribution in [1.82, 2.24) is 4.98 Å². The molecule has 0 bridgehead atoms. The molecular weight excluding hydrogens is 194 g/mol. The fourth-order valence-electron chi connectivity index (χ4n) is 1.27. The first-order valence-electron chi connectivity index (χ1n) is 4.97. The average Bonchev–Trinajstić information content (AvgIpc) is 2.16. The molecule has 3 atom stereocenters. The molecule has 0 saturated carbocycles. The predicted octanol–water partition coefficient (Wildman–Crippen LogP) is 1.24. The second-order valence-corrected chi connectivity index (χ2v) is 3.78. The molecule has 3 unspecified atom stereocenters. The third-order valence-electron chi connectivity index (χ3n) is 2.23. The van der Waals surface area contributed by atoms with Gasteiger partial charge in [-0.25, -0.2) is 0 Å². The second-order valence-electron chi connectivity index (χ2n) is 3.78. The lowest BCUT2D eigenvalue weighted by Crippen LogP contribution is -2.05. The van der Waals surface area contributed by atoms with Crippen LogP contribution in [0.2, 0.25) is 0 Å². The normalized spacial score (nSPS) is 17.2. The van der Waals surface area contributed by atoms with E-state index in [0.29, 0.717) is 17.0 Å². The number of hydrogen-bond acceptors (Lipinski definition) is 4. The molecule has 0 spiro atoms. The molecule has 0 saturated heterocycles. The zero-order valence-electron chi connectivity index (χ0n) is 9.18. The molecule has 0 aromatic carbocycles. The third-order valence-corrected chi connectivity index (χ3v) is 2.23. The van der Waals surface area contributed by atoms with Crippen LogP contribution in [0.3, 0.4) is 0 Å². The summed E-state index contributed by atoms with van der Waals surface area (Å²) in [7, 11) is 0. The average molecular weight is 211 g/mol. The van der Waals surface area contributed by atoms with E-state index in [4.69, 9.17) is 0 Å². The topological polar surface area (TPSA) is 73.6 Å². The van der Waals surface area contributed by atoms with Gasteiger partial charge in [0.25, 0.3) is 0 Å². The molecule has 0 aliphatic heterocycles. The van der Waals surface area contributed by atoms with Crippen molar-refractivity contribution in [3.63, 3.8) is 0 Å². The molecule has 1 aromatic rings. The SMILES string of the molecule is CC(O)c1cc(C(C)O)nc(C(C)O)c1. The van der Waals surface area contributed by atoms with Gasteiger partial charge in [-0.05, 0) is 38.5 Å². The maximum absolute atomic E-state index is 9.45. The minimum atomic E-state index is -0.707. The van der Waals surface area contributed by atoms with Crippen LogP contribution < -0.4 is 0 Å². The van der Waals surface area contributed by atoms with Gasteiger partial charge in [-0.2, -0.15) is 0 Å². The summed E-state index contributed by atoms with van der Waals surface area (Å²) in [6, 6.07) is 3.28. The summed E-state index contributed by atoms with van der Waals surface area (Å²) in [6.45, 7) is 4.83. The quantitative estimate of drug-likeness (QED) is 0.703. The smallest absolute Gasteiger partial charge is 0.0932 e. The Balaban J connectivity index is 3.20. The predicted molar refractivity (Wildman–Crippen MR) is 56.1 cm³/mol. The van der Waals surface area contributed by atoms with Crippen molar-refractivity contribution in [1.29, 1.82) is 0 Å². The molecule has 0 radical (unpaired) electrons. The van der Waals surface area contributed by atoms with Crippen molar-refractivity contribution < 1.29 is 15.3 Å². The number of aromatic nitrogens is 1. The first-order chi connectivity index (χ1) is 6.91. The minimum Gasteiger partial charge on any atom is -0.389 e. The van der Waals surface area contributed by atoms with Crippen molar-refractivity contribution in [2.75, 3.05) is 0 Å². The largest absolute Gasteiger partial charge is 0.389 e. The number of nitrogens with zero attached hydrogens (tertiary/aromatic N) is 1. The molecular formula is C11H17NO3. The van der Waals surface area contributed by atoms with Crippen LogP contribution in [-0.2, 0) is 0 Å². The highest BCUT2D eigenvalue weighted by Crippen LogP contribution is 2.21. The first-order valence-corrected chi connectivity index (χ1v) is 4.97. The number of pyridine rings is 1. The summed E-state index contributed by atoms with van der Waals surface area (Å²) in [6.07, 6.45) is -2.05. The Kier molecular flexibility index (Phi) is 3.79. The second kappa shape index (κ2) is 4.70. The van der Waals surface area contributed by atoms with Gasteiger partial charge in [0.05, 0.1) is 29.7 Å². The summed E-state index contributed by atoms with van der Waals surface area (Å²) in [5.74, 6) is 0. The number of rotatable bonds is 3. The maximum Gasteiger partial charge on any atom is 0.0932 e. The Hall–Kier alpha value is -0.970. The van der Waals surface area contributed by atoms with E-state index in [0.717, 1.165) is 0 Å². The molecule has 0 aliphatic rings. The van der Waals surface area contributed by atoms with Crippen LogP contribution in [-0.4, -0.2) is 20.3 Å². The van der Waals surface area contributed by atoms with Gasteiger partial charge in [0.2, 0.25) is 0 Å². The van der Waals surface area contributed by atoms with E-state index in [9.17, 15) is 15.3 Å². The Morgan fingerprint density at radius 1 is 0.867 bits per heavy atom. The highest BCUT2D eigenvalue weighted by Gasteiger charge is 2.12. The van der Waals surface area contributed by atoms with E-state index < -0.39 is 18.3 Å². The van der Waals surface area contributed by atoms with Gasteiger partial charge in [0.1, 0.15) is 0 Å². The highest BCUT2D eigenvalue weighted by molar-refractivity contribution is 5.25. The monoisotopic (exact) mass is 211 g/mol. The van der Waals surface area contributed by atoms with Crippen molar-refractivity contribution in [3.05, 3.63) is 29.1 Å². The molecule has 0 amide bonds. The summed E-state index contributed by atoms with van der Waals surface area (Å²) in [5.41, 5.74) is 1.57. The van der Waals surface area contributed by atoms with E-state index in [1.54, 1.807) is 32.9 Å².